The highest BCUT2D eigenvalue weighted by molar-refractivity contribution is 6.09. The number of aryl methyl sites for hydroxylation is 1. The maximum Gasteiger partial charge on any atom is 0.233 e. The lowest BCUT2D eigenvalue weighted by Gasteiger charge is -2.11. The van der Waals surface area contributed by atoms with Crippen LogP contribution in [0.3, 0.4) is 0 Å². The van der Waals surface area contributed by atoms with Gasteiger partial charge in [-0.05, 0) is 24.1 Å². The van der Waals surface area contributed by atoms with Gasteiger partial charge in [-0.25, -0.2) is 4.98 Å². The number of Topliss-reactive ketones (excluding diaryl/α,β-unsaturated/α-hetero) is 1. The van der Waals surface area contributed by atoms with E-state index in [4.69, 9.17) is 0 Å². The molecule has 20 heavy (non-hydrogen) atoms. The average Bonchev–Trinajstić information content (AvgIpc) is 2.79. The van der Waals surface area contributed by atoms with Crippen LogP contribution in [0.25, 0.3) is 0 Å². The molecule has 1 unspecified atom stereocenters. The molecule has 0 spiro atoms. The molecule has 0 radical (unpaired) electrons. The Morgan fingerprint density at radius 1 is 1.25 bits per heavy atom. The highest BCUT2D eigenvalue weighted by Gasteiger charge is 2.33. The van der Waals surface area contributed by atoms with Crippen LogP contribution in [0.1, 0.15) is 33.8 Å². The summed E-state index contributed by atoms with van der Waals surface area (Å²) in [5.41, 5.74) is 2.50. The lowest BCUT2D eigenvalue weighted by atomic mass is 10.0. The average molecular weight is 266 g/mol. The minimum Gasteiger partial charge on any atom is -0.310 e. The Morgan fingerprint density at radius 3 is 2.80 bits per heavy atom. The summed E-state index contributed by atoms with van der Waals surface area (Å²) < 4.78 is 0. The second kappa shape index (κ2) is 4.89. The molecule has 0 fully saturated rings. The molecule has 1 heterocycles. The molecule has 1 aliphatic carbocycles. The van der Waals surface area contributed by atoms with Crippen molar-refractivity contribution in [3.05, 3.63) is 59.3 Å². The summed E-state index contributed by atoms with van der Waals surface area (Å²) in [5, 5.41) is 2.77. The molecule has 1 atom stereocenters. The van der Waals surface area contributed by atoms with Gasteiger partial charge in [-0.1, -0.05) is 30.3 Å². The van der Waals surface area contributed by atoms with Gasteiger partial charge in [0.25, 0.3) is 0 Å². The minimum atomic E-state index is -0.415. The van der Waals surface area contributed by atoms with Gasteiger partial charge in [0.2, 0.25) is 5.91 Å². The number of amides is 1. The van der Waals surface area contributed by atoms with Crippen LogP contribution in [-0.2, 0) is 4.79 Å². The predicted molar refractivity (Wildman–Crippen MR) is 75.7 cm³/mol. The first-order valence-electron chi connectivity index (χ1n) is 6.51. The third-order valence-electron chi connectivity index (χ3n) is 3.51. The monoisotopic (exact) mass is 266 g/mol. The maximum absolute atomic E-state index is 12.3. The van der Waals surface area contributed by atoms with E-state index in [1.165, 1.54) is 0 Å². The molecule has 0 aliphatic heterocycles. The van der Waals surface area contributed by atoms with Crippen molar-refractivity contribution in [2.24, 2.45) is 0 Å². The Bertz CT molecular complexity index is 677. The highest BCUT2D eigenvalue weighted by atomic mass is 16.2. The SMILES string of the molecule is Cc1ccc(NC(=O)C2CC(=O)c3ccccc32)nc1. The molecule has 100 valence electrons. The van der Waals surface area contributed by atoms with Crippen molar-refractivity contribution in [3.8, 4) is 0 Å². The van der Waals surface area contributed by atoms with E-state index >= 15 is 0 Å². The smallest absolute Gasteiger partial charge is 0.233 e. The summed E-state index contributed by atoms with van der Waals surface area (Å²) in [6, 6.07) is 10.9. The number of anilines is 1. The van der Waals surface area contributed by atoms with Crippen molar-refractivity contribution in [2.45, 2.75) is 19.3 Å². The molecular formula is C16H14N2O2. The van der Waals surface area contributed by atoms with Crippen molar-refractivity contribution in [1.82, 2.24) is 4.98 Å². The highest BCUT2D eigenvalue weighted by Crippen LogP contribution is 2.33. The van der Waals surface area contributed by atoms with E-state index in [1.807, 2.05) is 31.2 Å². The summed E-state index contributed by atoms with van der Waals surface area (Å²) in [4.78, 5) is 28.3. The van der Waals surface area contributed by atoms with Crippen LogP contribution in [0.5, 0.6) is 0 Å². The number of hydrogen-bond acceptors (Lipinski definition) is 3. The number of ketones is 1. The van der Waals surface area contributed by atoms with E-state index in [0.29, 0.717) is 11.4 Å². The van der Waals surface area contributed by atoms with E-state index in [1.54, 1.807) is 18.3 Å². The van der Waals surface area contributed by atoms with Crippen LogP contribution in [-0.4, -0.2) is 16.7 Å². The normalized spacial score (nSPS) is 16.9. The number of carbonyl (C=O) groups is 2. The van der Waals surface area contributed by atoms with E-state index in [-0.39, 0.29) is 18.1 Å². The number of aromatic nitrogens is 1. The summed E-state index contributed by atoms with van der Waals surface area (Å²) in [6.07, 6.45) is 1.93. The quantitative estimate of drug-likeness (QED) is 0.909. The zero-order chi connectivity index (χ0) is 14.1. The Labute approximate surface area is 116 Å². The zero-order valence-corrected chi connectivity index (χ0v) is 11.1. The fourth-order valence-electron chi connectivity index (χ4n) is 2.45. The van der Waals surface area contributed by atoms with Crippen LogP contribution in [0.15, 0.2) is 42.6 Å². The van der Waals surface area contributed by atoms with Gasteiger partial charge in [0.15, 0.2) is 5.78 Å². The van der Waals surface area contributed by atoms with Crippen molar-refractivity contribution >= 4 is 17.5 Å². The summed E-state index contributed by atoms with van der Waals surface area (Å²) in [5.74, 6) is -0.0588. The number of carbonyl (C=O) groups excluding carboxylic acids is 2. The Hall–Kier alpha value is -2.49. The molecule has 2 aromatic rings. The number of nitrogens with one attached hydrogen (secondary N) is 1. The standard InChI is InChI=1S/C16H14N2O2/c1-10-6-7-15(17-9-10)18-16(20)13-8-14(19)12-5-3-2-4-11(12)13/h2-7,9,13H,8H2,1H3,(H,17,18,20). The first-order valence-corrected chi connectivity index (χ1v) is 6.51. The van der Waals surface area contributed by atoms with Crippen molar-refractivity contribution in [2.75, 3.05) is 5.32 Å². The molecule has 1 aliphatic rings. The van der Waals surface area contributed by atoms with Crippen LogP contribution < -0.4 is 5.32 Å². The number of hydrogen-bond donors (Lipinski definition) is 1. The van der Waals surface area contributed by atoms with Crippen molar-refractivity contribution in [1.29, 1.82) is 0 Å². The van der Waals surface area contributed by atoms with Gasteiger partial charge in [-0.15, -0.1) is 0 Å². The number of nitrogens with zero attached hydrogens (tertiary/aromatic N) is 1. The van der Waals surface area contributed by atoms with Gasteiger partial charge in [0.1, 0.15) is 5.82 Å². The number of rotatable bonds is 2. The summed E-state index contributed by atoms with van der Waals surface area (Å²) in [7, 11) is 0. The first kappa shape index (κ1) is 12.5. The van der Waals surface area contributed by atoms with Crippen molar-refractivity contribution < 1.29 is 9.59 Å². The summed E-state index contributed by atoms with van der Waals surface area (Å²) in [6.45, 7) is 1.94. The van der Waals surface area contributed by atoms with Gasteiger partial charge >= 0.3 is 0 Å². The molecule has 4 heteroatoms. The molecule has 1 N–H and O–H groups in total. The van der Waals surface area contributed by atoms with Crippen molar-refractivity contribution in [3.63, 3.8) is 0 Å². The third kappa shape index (κ3) is 2.20. The lowest BCUT2D eigenvalue weighted by Crippen LogP contribution is -2.20. The maximum atomic E-state index is 12.3. The second-order valence-corrected chi connectivity index (χ2v) is 4.98. The number of fused-ring (bicyclic) bond motifs is 1. The molecule has 0 saturated carbocycles. The Morgan fingerprint density at radius 2 is 2.05 bits per heavy atom. The molecule has 0 saturated heterocycles. The van der Waals surface area contributed by atoms with Crippen LogP contribution in [0.2, 0.25) is 0 Å². The van der Waals surface area contributed by atoms with Crippen LogP contribution >= 0.6 is 0 Å². The van der Waals surface area contributed by atoms with E-state index in [2.05, 4.69) is 10.3 Å². The predicted octanol–water partition coefficient (Wildman–Crippen LogP) is 2.70. The first-order chi connectivity index (χ1) is 9.65. The summed E-state index contributed by atoms with van der Waals surface area (Å²) >= 11 is 0. The van der Waals surface area contributed by atoms with Gasteiger partial charge in [-0.3, -0.25) is 9.59 Å². The Balaban J connectivity index is 1.82. The van der Waals surface area contributed by atoms with Gasteiger partial charge < -0.3 is 5.32 Å². The van der Waals surface area contributed by atoms with Crippen LogP contribution in [0.4, 0.5) is 5.82 Å². The van der Waals surface area contributed by atoms with Gasteiger partial charge in [0.05, 0.1) is 5.92 Å². The molecular weight excluding hydrogens is 252 g/mol. The topological polar surface area (TPSA) is 59.1 Å². The number of benzene rings is 1. The zero-order valence-electron chi connectivity index (χ0n) is 11.1. The minimum absolute atomic E-state index is 0.0256. The molecule has 3 rings (SSSR count). The van der Waals surface area contributed by atoms with E-state index < -0.39 is 5.92 Å². The largest absolute Gasteiger partial charge is 0.310 e. The third-order valence-corrected chi connectivity index (χ3v) is 3.51. The number of pyridine rings is 1. The van der Waals surface area contributed by atoms with E-state index in [9.17, 15) is 9.59 Å². The fourth-order valence-corrected chi connectivity index (χ4v) is 2.45. The second-order valence-electron chi connectivity index (χ2n) is 4.98. The lowest BCUT2D eigenvalue weighted by molar-refractivity contribution is -0.117. The van der Waals surface area contributed by atoms with Gasteiger partial charge in [-0.2, -0.15) is 0 Å². The molecule has 0 bridgehead atoms. The molecule has 1 aromatic carbocycles. The molecule has 1 aromatic heterocycles. The van der Waals surface area contributed by atoms with Gasteiger partial charge in [0, 0.05) is 18.2 Å². The Kier molecular flexibility index (Phi) is 3.06. The molecule has 4 nitrogen and oxygen atoms in total. The molecule has 1 amide bonds. The van der Waals surface area contributed by atoms with E-state index in [0.717, 1.165) is 11.1 Å². The fraction of sp³-hybridized carbons (Fsp3) is 0.188. The van der Waals surface area contributed by atoms with Crippen LogP contribution in [0, 0.1) is 6.92 Å².